The van der Waals surface area contributed by atoms with Gasteiger partial charge in [0.05, 0.1) is 11.9 Å². The average molecular weight is 285 g/mol. The fourth-order valence-corrected chi connectivity index (χ4v) is 2.11. The molecule has 0 unspecified atom stereocenters. The molecule has 0 heterocycles. The second-order valence-corrected chi connectivity index (χ2v) is 7.31. The average Bonchev–Trinajstić information content (AvgIpc) is 2.21. The van der Waals surface area contributed by atoms with Crippen LogP contribution in [-0.2, 0) is 10.0 Å². The lowest BCUT2D eigenvalue weighted by Crippen LogP contribution is -2.38. The fourth-order valence-electron chi connectivity index (χ4n) is 1.55. The minimum atomic E-state index is -3.23. The molecule has 0 saturated heterocycles. The van der Waals surface area contributed by atoms with E-state index in [-0.39, 0.29) is 5.54 Å². The van der Waals surface area contributed by atoms with Crippen LogP contribution in [0.3, 0.4) is 0 Å². The zero-order valence-corrected chi connectivity index (χ0v) is 12.8. The highest BCUT2D eigenvalue weighted by atomic mass is 32.2. The molecule has 1 aromatic carbocycles. The van der Waals surface area contributed by atoms with Gasteiger partial charge in [-0.05, 0) is 39.0 Å². The first-order valence-electron chi connectivity index (χ1n) is 6.22. The molecule has 0 saturated carbocycles. The van der Waals surface area contributed by atoms with Crippen molar-refractivity contribution in [2.75, 3.05) is 29.4 Å². The van der Waals surface area contributed by atoms with E-state index in [1.54, 1.807) is 12.1 Å². The Morgan fingerprint density at radius 3 is 2.32 bits per heavy atom. The van der Waals surface area contributed by atoms with Crippen molar-refractivity contribution in [3.63, 3.8) is 0 Å². The lowest BCUT2D eigenvalue weighted by molar-refractivity contribution is 0.435. The first-order chi connectivity index (χ1) is 8.66. The molecule has 0 fully saturated rings. The Morgan fingerprint density at radius 1 is 1.11 bits per heavy atom. The molecule has 0 amide bonds. The van der Waals surface area contributed by atoms with Crippen LogP contribution in [0.4, 0.5) is 11.4 Å². The summed E-state index contributed by atoms with van der Waals surface area (Å²) >= 11 is 0. The van der Waals surface area contributed by atoms with Gasteiger partial charge in [-0.25, -0.2) is 8.42 Å². The minimum absolute atomic E-state index is 0.0986. The number of hydrogen-bond acceptors (Lipinski definition) is 4. The molecule has 0 bridgehead atoms. The maximum absolute atomic E-state index is 11.1. The van der Waals surface area contributed by atoms with Gasteiger partial charge in [0.15, 0.2) is 0 Å². The largest absolute Gasteiger partial charge is 0.384 e. The Labute approximate surface area is 115 Å². The van der Waals surface area contributed by atoms with Gasteiger partial charge >= 0.3 is 0 Å². The highest BCUT2D eigenvalue weighted by molar-refractivity contribution is 7.92. The molecule has 19 heavy (non-hydrogen) atoms. The van der Waals surface area contributed by atoms with Crippen LogP contribution in [0.1, 0.15) is 20.8 Å². The number of rotatable bonds is 6. The second-order valence-electron chi connectivity index (χ2n) is 5.56. The van der Waals surface area contributed by atoms with Crippen molar-refractivity contribution in [3.8, 4) is 0 Å². The first kappa shape index (κ1) is 15.8. The van der Waals surface area contributed by atoms with E-state index in [9.17, 15) is 8.42 Å². The van der Waals surface area contributed by atoms with Crippen molar-refractivity contribution in [2.45, 2.75) is 26.3 Å². The normalized spacial score (nSPS) is 12.2. The Kier molecular flexibility index (Phi) is 5.20. The third-order valence-electron chi connectivity index (χ3n) is 2.28. The van der Waals surface area contributed by atoms with Gasteiger partial charge in [-0.15, -0.1) is 0 Å². The van der Waals surface area contributed by atoms with E-state index in [0.717, 1.165) is 25.0 Å². The molecule has 0 aromatic heterocycles. The summed E-state index contributed by atoms with van der Waals surface area (Å²) in [6.45, 7) is 7.96. The van der Waals surface area contributed by atoms with Gasteiger partial charge in [-0.1, -0.05) is 6.07 Å². The van der Waals surface area contributed by atoms with Crippen molar-refractivity contribution in [1.29, 1.82) is 0 Å². The minimum Gasteiger partial charge on any atom is -0.384 e. The molecule has 0 atom stereocenters. The van der Waals surface area contributed by atoms with Crippen LogP contribution < -0.4 is 15.4 Å². The lowest BCUT2D eigenvalue weighted by atomic mass is 10.1. The predicted octanol–water partition coefficient (Wildman–Crippen LogP) is 1.86. The van der Waals surface area contributed by atoms with Gasteiger partial charge < -0.3 is 10.6 Å². The molecule has 3 N–H and O–H groups in total. The molecule has 0 aliphatic carbocycles. The third kappa shape index (κ3) is 7.69. The predicted molar refractivity (Wildman–Crippen MR) is 81.2 cm³/mol. The summed E-state index contributed by atoms with van der Waals surface area (Å²) in [6, 6.07) is 7.22. The lowest BCUT2D eigenvalue weighted by Gasteiger charge is -2.20. The zero-order chi connectivity index (χ0) is 14.5. The van der Waals surface area contributed by atoms with Crippen molar-refractivity contribution >= 4 is 21.4 Å². The monoisotopic (exact) mass is 285 g/mol. The van der Waals surface area contributed by atoms with Crippen molar-refractivity contribution in [1.82, 2.24) is 5.32 Å². The molecule has 6 heteroatoms. The molecular weight excluding hydrogens is 262 g/mol. The second kappa shape index (κ2) is 6.25. The van der Waals surface area contributed by atoms with E-state index in [0.29, 0.717) is 5.69 Å². The summed E-state index contributed by atoms with van der Waals surface area (Å²) in [7, 11) is -3.23. The zero-order valence-electron chi connectivity index (χ0n) is 11.9. The van der Waals surface area contributed by atoms with Crippen molar-refractivity contribution in [2.24, 2.45) is 0 Å². The van der Waals surface area contributed by atoms with E-state index >= 15 is 0 Å². The summed E-state index contributed by atoms with van der Waals surface area (Å²) < 4.78 is 24.7. The smallest absolute Gasteiger partial charge is 0.229 e. The van der Waals surface area contributed by atoms with Crippen molar-refractivity contribution in [3.05, 3.63) is 24.3 Å². The molecular formula is C13H23N3O2S. The van der Waals surface area contributed by atoms with Crippen LogP contribution in [0.2, 0.25) is 0 Å². The number of anilines is 2. The molecule has 1 rings (SSSR count). The van der Waals surface area contributed by atoms with E-state index in [4.69, 9.17) is 0 Å². The molecule has 5 nitrogen and oxygen atoms in total. The highest BCUT2D eigenvalue weighted by Gasteiger charge is 2.07. The van der Waals surface area contributed by atoms with Gasteiger partial charge in [-0.3, -0.25) is 4.72 Å². The standard InChI is InChI=1S/C13H23N3O2S/c1-13(2,3)15-9-8-14-11-6-5-7-12(10-11)16-19(4,17)18/h5-7,10,14-16H,8-9H2,1-4H3. The first-order valence-corrected chi connectivity index (χ1v) is 8.12. The fraction of sp³-hybridized carbons (Fsp3) is 0.538. The van der Waals surface area contributed by atoms with Gasteiger partial charge in [-0.2, -0.15) is 0 Å². The number of nitrogens with one attached hydrogen (secondary N) is 3. The molecule has 0 aliphatic heterocycles. The Balaban J connectivity index is 2.49. The summed E-state index contributed by atoms with van der Waals surface area (Å²) in [5.41, 5.74) is 1.56. The van der Waals surface area contributed by atoms with Gasteiger partial charge in [0.2, 0.25) is 10.0 Å². The van der Waals surface area contributed by atoms with E-state index < -0.39 is 10.0 Å². The van der Waals surface area contributed by atoms with Crippen molar-refractivity contribution < 1.29 is 8.42 Å². The molecule has 0 radical (unpaired) electrons. The SMILES string of the molecule is CC(C)(C)NCCNc1cccc(NS(C)(=O)=O)c1. The van der Waals surface area contributed by atoms with Crippen LogP contribution >= 0.6 is 0 Å². The Morgan fingerprint density at radius 2 is 1.74 bits per heavy atom. The van der Waals surface area contributed by atoms with Gasteiger partial charge in [0.1, 0.15) is 0 Å². The van der Waals surface area contributed by atoms with Gasteiger partial charge in [0, 0.05) is 24.3 Å². The van der Waals surface area contributed by atoms with Crippen LogP contribution in [0.5, 0.6) is 0 Å². The van der Waals surface area contributed by atoms with E-state index in [1.165, 1.54) is 0 Å². The summed E-state index contributed by atoms with van der Waals surface area (Å²) in [6.07, 6.45) is 1.14. The van der Waals surface area contributed by atoms with E-state index in [2.05, 4.69) is 36.1 Å². The number of benzene rings is 1. The van der Waals surface area contributed by atoms with Crippen LogP contribution in [-0.4, -0.2) is 33.3 Å². The molecule has 0 spiro atoms. The summed E-state index contributed by atoms with van der Waals surface area (Å²) in [4.78, 5) is 0. The van der Waals surface area contributed by atoms with Crippen LogP contribution in [0.25, 0.3) is 0 Å². The van der Waals surface area contributed by atoms with Gasteiger partial charge in [0.25, 0.3) is 0 Å². The maximum Gasteiger partial charge on any atom is 0.229 e. The maximum atomic E-state index is 11.1. The molecule has 108 valence electrons. The Bertz CT molecular complexity index is 507. The quantitative estimate of drug-likeness (QED) is 0.698. The van der Waals surface area contributed by atoms with E-state index in [1.807, 2.05) is 12.1 Å². The Hall–Kier alpha value is -1.27. The van der Waals surface area contributed by atoms with Crippen LogP contribution in [0, 0.1) is 0 Å². The number of sulfonamides is 1. The topological polar surface area (TPSA) is 70.2 Å². The summed E-state index contributed by atoms with van der Waals surface area (Å²) in [5, 5.41) is 6.62. The third-order valence-corrected chi connectivity index (χ3v) is 2.88. The van der Waals surface area contributed by atoms with Crippen LogP contribution in [0.15, 0.2) is 24.3 Å². The molecule has 1 aromatic rings. The summed E-state index contributed by atoms with van der Waals surface area (Å²) in [5.74, 6) is 0. The number of hydrogen-bond donors (Lipinski definition) is 3. The molecule has 0 aliphatic rings. The highest BCUT2D eigenvalue weighted by Crippen LogP contribution is 2.15.